The molecule has 0 aliphatic heterocycles. The van der Waals surface area contributed by atoms with E-state index in [0.717, 1.165) is 10.9 Å². The Morgan fingerprint density at radius 1 is 1.47 bits per heavy atom. The van der Waals surface area contributed by atoms with Gasteiger partial charge in [0.2, 0.25) is 0 Å². The van der Waals surface area contributed by atoms with Gasteiger partial charge in [0.25, 0.3) is 5.91 Å². The number of hydrogen-bond acceptors (Lipinski definition) is 4. The molecular weight excluding hydrogens is 246 g/mol. The van der Waals surface area contributed by atoms with Gasteiger partial charge in [0, 0.05) is 10.9 Å². The topological polar surface area (TPSA) is 84.1 Å². The average molecular weight is 261 g/mol. The fraction of sp³-hybridized carbons (Fsp3) is 0.308. The van der Waals surface area contributed by atoms with Crippen molar-refractivity contribution >= 4 is 22.8 Å². The largest absolute Gasteiger partial charge is 0.467 e. The Labute approximate surface area is 110 Å². The number of carbonyl (C=O) groups is 2. The summed E-state index contributed by atoms with van der Waals surface area (Å²) >= 11 is 0. The third-order valence-corrected chi connectivity index (χ3v) is 2.90. The highest BCUT2D eigenvalue weighted by molar-refractivity contribution is 5.99. The summed E-state index contributed by atoms with van der Waals surface area (Å²) in [6, 6.07) is 4.56. The number of aromatic nitrogens is 2. The maximum absolute atomic E-state index is 12.0. The lowest BCUT2D eigenvalue weighted by molar-refractivity contribution is -0.142. The van der Waals surface area contributed by atoms with Crippen LogP contribution in [-0.4, -0.2) is 35.2 Å². The summed E-state index contributed by atoms with van der Waals surface area (Å²) in [5.41, 5.74) is 1.25. The highest BCUT2D eigenvalue weighted by atomic mass is 16.5. The van der Waals surface area contributed by atoms with E-state index in [9.17, 15) is 9.59 Å². The number of ether oxygens (including phenoxy) is 1. The van der Waals surface area contributed by atoms with Crippen molar-refractivity contribution in [3.05, 3.63) is 30.0 Å². The van der Waals surface area contributed by atoms with Gasteiger partial charge in [-0.05, 0) is 18.6 Å². The lowest BCUT2D eigenvalue weighted by Gasteiger charge is -2.14. The molecule has 0 fully saturated rings. The van der Waals surface area contributed by atoms with Gasteiger partial charge in [0.15, 0.2) is 0 Å². The molecule has 1 aromatic heterocycles. The van der Waals surface area contributed by atoms with Crippen molar-refractivity contribution in [1.29, 1.82) is 0 Å². The molecule has 2 rings (SSSR count). The molecule has 0 bridgehead atoms. The van der Waals surface area contributed by atoms with Crippen LogP contribution in [0.2, 0.25) is 0 Å². The highest BCUT2D eigenvalue weighted by Gasteiger charge is 2.20. The van der Waals surface area contributed by atoms with Crippen LogP contribution in [0.3, 0.4) is 0 Å². The number of carbonyl (C=O) groups excluding carboxylic acids is 2. The van der Waals surface area contributed by atoms with Gasteiger partial charge in [-0.15, -0.1) is 0 Å². The summed E-state index contributed by atoms with van der Waals surface area (Å²) in [5, 5.41) is 10.3. The molecule has 0 saturated heterocycles. The first-order chi connectivity index (χ1) is 9.15. The number of fused-ring (bicyclic) bond motifs is 1. The summed E-state index contributed by atoms with van der Waals surface area (Å²) in [4.78, 5) is 23.5. The minimum absolute atomic E-state index is 0.311. The molecule has 100 valence electrons. The Bertz CT molecular complexity index is 606. The third kappa shape index (κ3) is 2.73. The zero-order valence-corrected chi connectivity index (χ0v) is 10.8. The minimum atomic E-state index is -0.630. The predicted octanol–water partition coefficient (Wildman–Crippen LogP) is 1.24. The monoisotopic (exact) mass is 261 g/mol. The van der Waals surface area contributed by atoms with Gasteiger partial charge in [-0.2, -0.15) is 5.10 Å². The van der Waals surface area contributed by atoms with Crippen LogP contribution < -0.4 is 5.32 Å². The van der Waals surface area contributed by atoms with E-state index in [4.69, 9.17) is 0 Å². The number of methoxy groups -OCH3 is 1. The van der Waals surface area contributed by atoms with Crippen LogP contribution in [0.5, 0.6) is 0 Å². The van der Waals surface area contributed by atoms with Gasteiger partial charge in [0.1, 0.15) is 6.04 Å². The van der Waals surface area contributed by atoms with Crippen molar-refractivity contribution in [2.75, 3.05) is 7.11 Å². The van der Waals surface area contributed by atoms with E-state index in [1.807, 2.05) is 0 Å². The van der Waals surface area contributed by atoms with E-state index >= 15 is 0 Å². The normalized spacial score (nSPS) is 12.1. The Morgan fingerprint density at radius 3 is 2.95 bits per heavy atom. The maximum Gasteiger partial charge on any atom is 0.328 e. The van der Waals surface area contributed by atoms with Gasteiger partial charge in [-0.1, -0.05) is 13.0 Å². The summed E-state index contributed by atoms with van der Waals surface area (Å²) in [6.07, 6.45) is 2.16. The second-order valence-electron chi connectivity index (χ2n) is 4.13. The second-order valence-corrected chi connectivity index (χ2v) is 4.13. The molecule has 1 amide bonds. The lowest BCUT2D eigenvalue weighted by atomic mass is 10.1. The average Bonchev–Trinajstić information content (AvgIpc) is 2.90. The first-order valence-corrected chi connectivity index (χ1v) is 5.97. The molecule has 6 nitrogen and oxygen atoms in total. The van der Waals surface area contributed by atoms with Crippen molar-refractivity contribution in [3.63, 3.8) is 0 Å². The number of nitrogens with one attached hydrogen (secondary N) is 2. The highest BCUT2D eigenvalue weighted by Crippen LogP contribution is 2.13. The molecule has 1 aromatic carbocycles. The molecular formula is C13H15N3O3. The number of rotatable bonds is 4. The number of esters is 1. The lowest BCUT2D eigenvalue weighted by Crippen LogP contribution is -2.41. The maximum atomic E-state index is 12.0. The van der Waals surface area contributed by atoms with Gasteiger partial charge in [-0.25, -0.2) is 4.79 Å². The molecule has 0 saturated carbocycles. The van der Waals surface area contributed by atoms with Gasteiger partial charge in [-0.3, -0.25) is 9.89 Å². The zero-order valence-electron chi connectivity index (χ0n) is 10.8. The Balaban J connectivity index is 2.16. The quantitative estimate of drug-likeness (QED) is 0.811. The molecule has 0 radical (unpaired) electrons. The minimum Gasteiger partial charge on any atom is -0.467 e. The molecule has 0 aliphatic carbocycles. The molecule has 1 unspecified atom stereocenters. The van der Waals surface area contributed by atoms with E-state index in [-0.39, 0.29) is 5.91 Å². The molecule has 6 heteroatoms. The van der Waals surface area contributed by atoms with E-state index in [1.54, 1.807) is 31.3 Å². The fourth-order valence-corrected chi connectivity index (χ4v) is 1.79. The van der Waals surface area contributed by atoms with Crippen LogP contribution in [0.25, 0.3) is 10.9 Å². The molecule has 1 atom stereocenters. The van der Waals surface area contributed by atoms with Gasteiger partial charge in [0.05, 0.1) is 18.8 Å². The molecule has 19 heavy (non-hydrogen) atoms. The number of nitrogens with zero attached hydrogens (tertiary/aromatic N) is 1. The summed E-state index contributed by atoms with van der Waals surface area (Å²) in [7, 11) is 1.30. The molecule has 1 heterocycles. The number of H-pyrrole nitrogens is 1. The first kappa shape index (κ1) is 13.1. The summed E-state index contributed by atoms with van der Waals surface area (Å²) in [5.74, 6) is -0.757. The fourth-order valence-electron chi connectivity index (χ4n) is 1.79. The summed E-state index contributed by atoms with van der Waals surface area (Å²) < 4.78 is 4.63. The van der Waals surface area contributed by atoms with Crippen LogP contribution in [0.1, 0.15) is 23.7 Å². The van der Waals surface area contributed by atoms with Crippen molar-refractivity contribution in [2.24, 2.45) is 0 Å². The van der Waals surface area contributed by atoms with E-state index in [2.05, 4.69) is 20.3 Å². The molecule has 2 aromatic rings. The van der Waals surface area contributed by atoms with E-state index in [0.29, 0.717) is 12.0 Å². The Morgan fingerprint density at radius 2 is 2.26 bits per heavy atom. The second kappa shape index (κ2) is 5.51. The smallest absolute Gasteiger partial charge is 0.328 e. The SMILES string of the molecule is CCC(NC(=O)c1ccc2cn[nH]c2c1)C(=O)OC. The summed E-state index contributed by atoms with van der Waals surface area (Å²) in [6.45, 7) is 1.81. The number of benzene rings is 1. The van der Waals surface area contributed by atoms with Crippen LogP contribution in [-0.2, 0) is 9.53 Å². The zero-order chi connectivity index (χ0) is 13.8. The Hall–Kier alpha value is -2.37. The van der Waals surface area contributed by atoms with E-state index < -0.39 is 12.0 Å². The number of hydrogen-bond donors (Lipinski definition) is 2. The van der Waals surface area contributed by atoms with Crippen LogP contribution >= 0.6 is 0 Å². The van der Waals surface area contributed by atoms with Crippen molar-refractivity contribution < 1.29 is 14.3 Å². The van der Waals surface area contributed by atoms with Crippen LogP contribution in [0.15, 0.2) is 24.4 Å². The van der Waals surface area contributed by atoms with Crippen LogP contribution in [0, 0.1) is 0 Å². The van der Waals surface area contributed by atoms with Crippen LogP contribution in [0.4, 0.5) is 0 Å². The molecule has 0 aliphatic rings. The van der Waals surface area contributed by atoms with Gasteiger partial charge < -0.3 is 10.1 Å². The van der Waals surface area contributed by atoms with Crippen molar-refractivity contribution in [1.82, 2.24) is 15.5 Å². The number of aromatic amines is 1. The van der Waals surface area contributed by atoms with Gasteiger partial charge >= 0.3 is 5.97 Å². The third-order valence-electron chi connectivity index (χ3n) is 2.90. The van der Waals surface area contributed by atoms with Crippen molar-refractivity contribution in [3.8, 4) is 0 Å². The molecule has 0 spiro atoms. The van der Waals surface area contributed by atoms with Crippen molar-refractivity contribution in [2.45, 2.75) is 19.4 Å². The Kier molecular flexibility index (Phi) is 3.79. The predicted molar refractivity (Wildman–Crippen MR) is 69.7 cm³/mol. The van der Waals surface area contributed by atoms with E-state index in [1.165, 1.54) is 7.11 Å². The number of amides is 1. The molecule has 2 N–H and O–H groups in total. The standard InChI is InChI=1S/C13H15N3O3/c1-3-10(13(18)19-2)15-12(17)8-4-5-9-7-14-16-11(9)6-8/h4-7,10H,3H2,1-2H3,(H,14,16)(H,15,17). The first-order valence-electron chi connectivity index (χ1n) is 5.97.